The van der Waals surface area contributed by atoms with Gasteiger partial charge in [-0.2, -0.15) is 10.2 Å². The van der Waals surface area contributed by atoms with Crippen LogP contribution in [0.5, 0.6) is 11.8 Å². The van der Waals surface area contributed by atoms with Gasteiger partial charge in [-0.1, -0.05) is 0 Å². The summed E-state index contributed by atoms with van der Waals surface area (Å²) in [5.74, 6) is 1.16. The Balaban J connectivity index is 1.77. The number of aromatic nitrogens is 7. The van der Waals surface area contributed by atoms with Crippen LogP contribution in [-0.4, -0.2) is 84.3 Å². The number of pyridine rings is 1. The molecule has 2 N–H and O–H groups in total. The Kier molecular flexibility index (Phi) is 8.16. The smallest absolute Gasteiger partial charge is 0.240 e. The van der Waals surface area contributed by atoms with Crippen LogP contribution in [0.4, 0.5) is 0 Å². The van der Waals surface area contributed by atoms with Gasteiger partial charge in [0.15, 0.2) is 0 Å². The average molecular weight is 565 g/mol. The molecule has 5 rings (SSSR count). The molecule has 0 aliphatic carbocycles. The van der Waals surface area contributed by atoms with E-state index in [0.29, 0.717) is 31.5 Å². The number of hydrogen-bond acceptors (Lipinski definition) is 9. The first-order valence-electron chi connectivity index (χ1n) is 14.0. The number of aryl methyl sites for hydroxylation is 2. The Morgan fingerprint density at radius 1 is 1.22 bits per heavy atom. The van der Waals surface area contributed by atoms with Crippen molar-refractivity contribution in [3.63, 3.8) is 0 Å². The van der Waals surface area contributed by atoms with Gasteiger partial charge >= 0.3 is 0 Å². The second-order valence-electron chi connectivity index (χ2n) is 10.7. The normalized spacial score (nSPS) is 19.3. The van der Waals surface area contributed by atoms with Crippen LogP contribution >= 0.6 is 0 Å². The highest BCUT2D eigenvalue weighted by molar-refractivity contribution is 5.93. The molecule has 2 bridgehead atoms. The molecular weight excluding hydrogens is 524 g/mol. The van der Waals surface area contributed by atoms with Crippen LogP contribution in [0, 0.1) is 6.92 Å². The Morgan fingerprint density at radius 3 is 2.71 bits per heavy atom. The predicted molar refractivity (Wildman–Crippen MR) is 157 cm³/mol. The molecule has 4 aromatic rings. The first kappa shape index (κ1) is 28.8. The summed E-state index contributed by atoms with van der Waals surface area (Å²) in [5, 5.41) is 28.2. The number of H-pyrrole nitrogens is 1. The van der Waals surface area contributed by atoms with E-state index in [-0.39, 0.29) is 24.8 Å². The van der Waals surface area contributed by atoms with E-state index in [9.17, 15) is 5.11 Å². The number of nitrogens with zero attached hydrogens (tertiary/aromatic N) is 7. The Morgan fingerprint density at radius 2 is 2.00 bits per heavy atom. The average Bonchev–Trinajstić information content (AvgIpc) is 3.60. The number of methoxy groups -OCH3 is 1. The van der Waals surface area contributed by atoms with Crippen LogP contribution in [-0.2, 0) is 24.9 Å². The summed E-state index contributed by atoms with van der Waals surface area (Å²) in [7, 11) is 5.59. The minimum absolute atomic E-state index is 0.00279. The van der Waals surface area contributed by atoms with E-state index >= 15 is 0 Å². The number of aliphatic hydroxyl groups is 1. The minimum atomic E-state index is -0.230. The number of ether oxygens (including phenoxy) is 3. The van der Waals surface area contributed by atoms with E-state index in [1.54, 1.807) is 11.8 Å². The maximum Gasteiger partial charge on any atom is 0.240 e. The van der Waals surface area contributed by atoms with Crippen molar-refractivity contribution < 1.29 is 19.3 Å². The first-order chi connectivity index (χ1) is 19.7. The van der Waals surface area contributed by atoms with Gasteiger partial charge in [-0.15, -0.1) is 5.10 Å². The fourth-order valence-electron chi connectivity index (χ4n) is 5.28. The van der Waals surface area contributed by atoms with Crippen LogP contribution in [0.15, 0.2) is 6.07 Å². The van der Waals surface area contributed by atoms with Gasteiger partial charge in [-0.3, -0.25) is 19.7 Å². The highest BCUT2D eigenvalue weighted by atomic mass is 16.5. The number of fused-ring (bicyclic) bond motifs is 4. The summed E-state index contributed by atoms with van der Waals surface area (Å²) in [4.78, 5) is 7.15. The van der Waals surface area contributed by atoms with Crippen molar-refractivity contribution >= 4 is 23.1 Å². The Labute approximate surface area is 239 Å². The highest BCUT2D eigenvalue weighted by Crippen LogP contribution is 2.37. The topological polar surface area (TPSA) is 128 Å². The van der Waals surface area contributed by atoms with E-state index < -0.39 is 0 Å². The number of nitrogens with one attached hydrogen (secondary N) is 1. The van der Waals surface area contributed by atoms with Gasteiger partial charge < -0.3 is 19.3 Å². The summed E-state index contributed by atoms with van der Waals surface area (Å²) in [6.07, 6.45) is 3.80. The third-order valence-corrected chi connectivity index (χ3v) is 7.82. The van der Waals surface area contributed by atoms with Crippen LogP contribution in [0.2, 0.25) is 0 Å². The molecule has 41 heavy (non-hydrogen) atoms. The lowest BCUT2D eigenvalue weighted by molar-refractivity contribution is 0.0914. The minimum Gasteiger partial charge on any atom is -0.476 e. The fraction of sp³-hybridized carbons (Fsp3) is 0.517. The number of hydrogen-bond donors (Lipinski definition) is 2. The Bertz CT molecular complexity index is 1570. The molecule has 220 valence electrons. The maximum atomic E-state index is 10.0. The molecule has 0 fully saturated rings. The van der Waals surface area contributed by atoms with Crippen molar-refractivity contribution in [3.05, 3.63) is 34.4 Å². The zero-order valence-corrected chi connectivity index (χ0v) is 25.1. The molecule has 0 saturated carbocycles. The largest absolute Gasteiger partial charge is 0.476 e. The van der Waals surface area contributed by atoms with Crippen molar-refractivity contribution in [3.8, 4) is 23.0 Å². The van der Waals surface area contributed by atoms with Crippen LogP contribution < -0.4 is 9.47 Å². The summed E-state index contributed by atoms with van der Waals surface area (Å²) in [6.45, 7) is 11.3. The lowest BCUT2D eigenvalue weighted by Crippen LogP contribution is -2.41. The van der Waals surface area contributed by atoms with E-state index in [2.05, 4.69) is 36.0 Å². The van der Waals surface area contributed by atoms with Crippen molar-refractivity contribution in [2.24, 2.45) is 7.05 Å². The molecule has 0 saturated heterocycles. The molecule has 5 heterocycles. The van der Waals surface area contributed by atoms with Gasteiger partial charge in [0, 0.05) is 32.1 Å². The van der Waals surface area contributed by atoms with Gasteiger partial charge in [-0.05, 0) is 59.9 Å². The second-order valence-corrected chi connectivity index (χ2v) is 10.7. The van der Waals surface area contributed by atoms with E-state index in [1.165, 1.54) is 0 Å². The Hall–Kier alpha value is -3.74. The summed E-state index contributed by atoms with van der Waals surface area (Å²) >= 11 is 0. The zero-order valence-electron chi connectivity index (χ0n) is 25.1. The molecule has 0 radical (unpaired) electrons. The predicted octanol–water partition coefficient (Wildman–Crippen LogP) is 3.73. The second kappa shape index (κ2) is 11.6. The number of likely N-dealkylation sites (N-methyl/N-ethyl adjacent to an activating group) is 1. The van der Waals surface area contributed by atoms with Gasteiger partial charge in [0.1, 0.15) is 17.3 Å². The standard InChI is InChI=1S/C29H40N8O4/c1-9-40-28-20-10-11-22-21-12-23(30-17(3)27(21)32-31-22)26-24(15-39-8)33-36(7)29(26)41-19(5)18(4)35(6)13-25(20)37(34-28)16(2)14-38/h10-12,16,18-19,38H,9,13-15H2,1-8H3,(H,31,32)/b11-10+/t16-,18+,19+/m0/s1. The lowest BCUT2D eigenvalue weighted by Gasteiger charge is -2.31. The molecule has 1 aliphatic rings. The van der Waals surface area contributed by atoms with Gasteiger partial charge in [-0.25, -0.2) is 4.68 Å². The lowest BCUT2D eigenvalue weighted by atomic mass is 10.1. The molecular formula is C29H40N8O4. The number of aliphatic hydroxyl groups excluding tert-OH is 1. The summed E-state index contributed by atoms with van der Waals surface area (Å²) in [5.41, 5.74) is 6.50. The fourth-order valence-corrected chi connectivity index (χ4v) is 5.28. The number of rotatable bonds is 6. The molecule has 0 unspecified atom stereocenters. The third-order valence-electron chi connectivity index (χ3n) is 7.82. The van der Waals surface area contributed by atoms with E-state index in [1.807, 2.05) is 50.7 Å². The van der Waals surface area contributed by atoms with Crippen LogP contribution in [0.3, 0.4) is 0 Å². The summed E-state index contributed by atoms with van der Waals surface area (Å²) in [6, 6.07) is 1.80. The van der Waals surface area contributed by atoms with Crippen molar-refractivity contribution in [2.45, 2.75) is 66.0 Å². The van der Waals surface area contributed by atoms with Gasteiger partial charge in [0.25, 0.3) is 0 Å². The monoisotopic (exact) mass is 564 g/mol. The number of aromatic amines is 1. The van der Waals surface area contributed by atoms with Gasteiger partial charge in [0.2, 0.25) is 11.8 Å². The third kappa shape index (κ3) is 5.22. The molecule has 0 aromatic carbocycles. The molecule has 12 nitrogen and oxygen atoms in total. The molecule has 0 spiro atoms. The summed E-state index contributed by atoms with van der Waals surface area (Å²) < 4.78 is 21.8. The molecule has 0 amide bonds. The zero-order chi connectivity index (χ0) is 29.4. The van der Waals surface area contributed by atoms with Crippen LogP contribution in [0.1, 0.15) is 62.1 Å². The molecule has 12 heteroatoms. The molecule has 4 aromatic heterocycles. The van der Waals surface area contributed by atoms with E-state index in [4.69, 9.17) is 29.4 Å². The van der Waals surface area contributed by atoms with Gasteiger partial charge in [0.05, 0.1) is 59.8 Å². The molecule has 3 atom stereocenters. The maximum absolute atomic E-state index is 10.0. The van der Waals surface area contributed by atoms with Crippen molar-refractivity contribution in [1.29, 1.82) is 0 Å². The quantitative estimate of drug-likeness (QED) is 0.360. The molecule has 1 aliphatic heterocycles. The van der Waals surface area contributed by atoms with E-state index in [0.717, 1.165) is 50.5 Å². The van der Waals surface area contributed by atoms with Crippen LogP contribution in [0.25, 0.3) is 34.3 Å². The first-order valence-corrected chi connectivity index (χ1v) is 14.0. The highest BCUT2D eigenvalue weighted by Gasteiger charge is 2.29. The van der Waals surface area contributed by atoms with Crippen molar-refractivity contribution in [1.82, 2.24) is 39.6 Å². The SMILES string of the molecule is CCOc1nn([C@@H](C)CO)c2c1/C=C/c1[nH]nc3c(C)nc(cc13)-c1c(COC)nn(C)c1O[C@H](C)[C@@H](C)N(C)C2. The van der Waals surface area contributed by atoms with Crippen molar-refractivity contribution in [2.75, 3.05) is 27.4 Å².